The number of nitro groups is 1. The molecule has 88 valence electrons. The summed E-state index contributed by atoms with van der Waals surface area (Å²) >= 11 is 0. The molecule has 0 unspecified atom stereocenters. The Morgan fingerprint density at radius 3 is 2.50 bits per heavy atom. The van der Waals surface area contributed by atoms with Crippen LogP contribution in [0.2, 0.25) is 0 Å². The minimum absolute atomic E-state index is 0.0580. The smallest absolute Gasteiger partial charge is 0.272 e. The molecule has 0 spiro atoms. The van der Waals surface area contributed by atoms with E-state index in [9.17, 15) is 18.5 Å². The highest BCUT2D eigenvalue weighted by atomic mass is 32.2. The molecule has 0 saturated heterocycles. The van der Waals surface area contributed by atoms with Crippen molar-refractivity contribution in [1.82, 2.24) is 0 Å². The highest BCUT2D eigenvalue weighted by Crippen LogP contribution is 2.23. The summed E-state index contributed by atoms with van der Waals surface area (Å²) in [5.41, 5.74) is -0.232. The summed E-state index contributed by atoms with van der Waals surface area (Å²) in [6, 6.07) is 3.31. The van der Waals surface area contributed by atoms with Gasteiger partial charge in [-0.2, -0.15) is 8.42 Å². The number of aromatic hydroxyl groups is 1. The Bertz CT molecular complexity index is 509. The number of nitro benzene ring substituents is 1. The predicted molar refractivity (Wildman–Crippen MR) is 54.9 cm³/mol. The van der Waals surface area contributed by atoms with E-state index in [1.807, 2.05) is 0 Å². The summed E-state index contributed by atoms with van der Waals surface area (Å²) in [6.07, 6.45) is -0.233. The number of hydrogen-bond acceptors (Lipinski definition) is 5. The van der Waals surface area contributed by atoms with E-state index in [4.69, 9.17) is 9.66 Å². The van der Waals surface area contributed by atoms with Gasteiger partial charge in [-0.15, -0.1) is 0 Å². The largest absolute Gasteiger partial charge is 0.508 e. The SMILES string of the molecule is O=[N+]([O-])c1ccc(O)cc1CCS(=O)(=O)O. The van der Waals surface area contributed by atoms with Crippen LogP contribution in [0.3, 0.4) is 0 Å². The second-order valence-corrected chi connectivity index (χ2v) is 4.68. The lowest BCUT2D eigenvalue weighted by atomic mass is 10.1. The molecule has 2 N–H and O–H groups in total. The Morgan fingerprint density at radius 1 is 1.38 bits per heavy atom. The molecule has 7 nitrogen and oxygen atoms in total. The third-order valence-corrected chi connectivity index (χ3v) is 2.61. The topological polar surface area (TPSA) is 118 Å². The zero-order chi connectivity index (χ0) is 12.3. The van der Waals surface area contributed by atoms with Gasteiger partial charge in [0.1, 0.15) is 5.75 Å². The van der Waals surface area contributed by atoms with Crippen molar-refractivity contribution in [1.29, 1.82) is 0 Å². The third-order valence-electron chi connectivity index (χ3n) is 1.89. The number of phenolic OH excluding ortho intramolecular Hbond substituents is 1. The van der Waals surface area contributed by atoms with Crippen LogP contribution >= 0.6 is 0 Å². The molecule has 0 atom stereocenters. The molecule has 0 aromatic heterocycles. The fourth-order valence-electron chi connectivity index (χ4n) is 1.19. The summed E-state index contributed by atoms with van der Waals surface area (Å²) in [5, 5.41) is 19.7. The third kappa shape index (κ3) is 3.48. The minimum Gasteiger partial charge on any atom is -0.508 e. The van der Waals surface area contributed by atoms with Crippen LogP contribution in [-0.2, 0) is 16.5 Å². The van der Waals surface area contributed by atoms with Crippen LogP contribution in [0, 0.1) is 10.1 Å². The first-order chi connectivity index (χ1) is 7.29. The van der Waals surface area contributed by atoms with E-state index in [1.165, 1.54) is 0 Å². The van der Waals surface area contributed by atoms with E-state index in [0.29, 0.717) is 0 Å². The normalized spacial score (nSPS) is 11.3. The summed E-state index contributed by atoms with van der Waals surface area (Å²) < 4.78 is 29.5. The number of phenols is 1. The van der Waals surface area contributed by atoms with Crippen molar-refractivity contribution in [3.8, 4) is 5.75 Å². The Balaban J connectivity index is 3.01. The lowest BCUT2D eigenvalue weighted by Crippen LogP contribution is -2.08. The van der Waals surface area contributed by atoms with Crippen molar-refractivity contribution in [3.05, 3.63) is 33.9 Å². The molecule has 0 saturated carbocycles. The van der Waals surface area contributed by atoms with E-state index in [0.717, 1.165) is 18.2 Å². The first kappa shape index (κ1) is 12.4. The zero-order valence-electron chi connectivity index (χ0n) is 8.03. The van der Waals surface area contributed by atoms with Gasteiger partial charge in [0.2, 0.25) is 0 Å². The fourth-order valence-corrected chi connectivity index (χ4v) is 1.67. The molecule has 8 heteroatoms. The average molecular weight is 247 g/mol. The number of hydrogen-bond donors (Lipinski definition) is 2. The average Bonchev–Trinajstić information content (AvgIpc) is 2.13. The Labute approximate surface area is 91.2 Å². The zero-order valence-corrected chi connectivity index (χ0v) is 8.85. The monoisotopic (exact) mass is 247 g/mol. The summed E-state index contributed by atoms with van der Waals surface area (Å²) in [5.74, 6) is -0.826. The van der Waals surface area contributed by atoms with Crippen LogP contribution in [0.25, 0.3) is 0 Å². The molecular weight excluding hydrogens is 238 g/mol. The molecule has 1 aromatic carbocycles. The number of rotatable bonds is 4. The molecule has 0 amide bonds. The van der Waals surface area contributed by atoms with Crippen LogP contribution in [0.15, 0.2) is 18.2 Å². The number of aryl methyl sites for hydroxylation is 1. The molecule has 1 rings (SSSR count). The second-order valence-electron chi connectivity index (χ2n) is 3.11. The maximum Gasteiger partial charge on any atom is 0.272 e. The van der Waals surface area contributed by atoms with Crippen LogP contribution < -0.4 is 0 Å². The van der Waals surface area contributed by atoms with Gasteiger partial charge >= 0.3 is 0 Å². The van der Waals surface area contributed by atoms with Crippen LogP contribution in [0.1, 0.15) is 5.56 Å². The quantitative estimate of drug-likeness (QED) is 0.460. The highest BCUT2D eigenvalue weighted by molar-refractivity contribution is 7.85. The van der Waals surface area contributed by atoms with Gasteiger partial charge < -0.3 is 5.11 Å². The van der Waals surface area contributed by atoms with E-state index in [2.05, 4.69) is 0 Å². The second kappa shape index (κ2) is 4.45. The molecule has 0 fully saturated rings. The minimum atomic E-state index is -4.18. The molecule has 0 heterocycles. The molecule has 16 heavy (non-hydrogen) atoms. The Hall–Kier alpha value is -1.67. The first-order valence-electron chi connectivity index (χ1n) is 4.21. The molecule has 1 aromatic rings. The van der Waals surface area contributed by atoms with E-state index >= 15 is 0 Å². The standard InChI is InChI=1S/C8H9NO6S/c10-7-1-2-8(9(11)12)6(5-7)3-4-16(13,14)15/h1-2,5,10H,3-4H2,(H,13,14,15). The Morgan fingerprint density at radius 2 is 2.00 bits per heavy atom. The maximum absolute atomic E-state index is 10.6. The molecular formula is C8H9NO6S. The van der Waals surface area contributed by atoms with E-state index in [1.54, 1.807) is 0 Å². The Kier molecular flexibility index (Phi) is 3.45. The van der Waals surface area contributed by atoms with E-state index < -0.39 is 20.8 Å². The van der Waals surface area contributed by atoms with Gasteiger partial charge in [0.05, 0.1) is 10.7 Å². The van der Waals surface area contributed by atoms with Crippen molar-refractivity contribution in [2.45, 2.75) is 6.42 Å². The van der Waals surface area contributed by atoms with E-state index in [-0.39, 0.29) is 23.4 Å². The van der Waals surface area contributed by atoms with Gasteiger partial charge in [-0.25, -0.2) is 0 Å². The first-order valence-corrected chi connectivity index (χ1v) is 5.82. The highest BCUT2D eigenvalue weighted by Gasteiger charge is 2.16. The summed E-state index contributed by atoms with van der Waals surface area (Å²) in [4.78, 5) is 9.89. The van der Waals surface area contributed by atoms with Crippen molar-refractivity contribution < 1.29 is 23.0 Å². The van der Waals surface area contributed by atoms with Crippen LogP contribution in [0.5, 0.6) is 5.75 Å². The van der Waals surface area contributed by atoms with Gasteiger partial charge in [-0.05, 0) is 18.6 Å². The molecule has 0 radical (unpaired) electrons. The predicted octanol–water partition coefficient (Wildman–Crippen LogP) is 0.731. The van der Waals surface area contributed by atoms with Gasteiger partial charge in [-0.1, -0.05) is 0 Å². The summed E-state index contributed by atoms with van der Waals surface area (Å²) in [7, 11) is -4.18. The van der Waals surface area contributed by atoms with Crippen LogP contribution in [0.4, 0.5) is 5.69 Å². The molecule has 0 aliphatic carbocycles. The lowest BCUT2D eigenvalue weighted by molar-refractivity contribution is -0.385. The van der Waals surface area contributed by atoms with Crippen molar-refractivity contribution >= 4 is 15.8 Å². The van der Waals surface area contributed by atoms with Gasteiger partial charge in [0, 0.05) is 11.6 Å². The maximum atomic E-state index is 10.6. The van der Waals surface area contributed by atoms with Gasteiger partial charge in [-0.3, -0.25) is 14.7 Å². The number of nitrogens with zero attached hydrogens (tertiary/aromatic N) is 1. The van der Waals surface area contributed by atoms with Crippen LogP contribution in [-0.4, -0.2) is 28.8 Å². The molecule has 0 bridgehead atoms. The fraction of sp³-hybridized carbons (Fsp3) is 0.250. The molecule has 0 aliphatic rings. The van der Waals surface area contributed by atoms with Crippen molar-refractivity contribution in [3.63, 3.8) is 0 Å². The lowest BCUT2D eigenvalue weighted by Gasteiger charge is -2.02. The van der Waals surface area contributed by atoms with Gasteiger partial charge in [0.25, 0.3) is 15.8 Å². The van der Waals surface area contributed by atoms with Crippen molar-refractivity contribution in [2.75, 3.05) is 5.75 Å². The molecule has 0 aliphatic heterocycles. The summed E-state index contributed by atoms with van der Waals surface area (Å²) in [6.45, 7) is 0. The van der Waals surface area contributed by atoms with Crippen molar-refractivity contribution in [2.24, 2.45) is 0 Å². The number of benzene rings is 1. The van der Waals surface area contributed by atoms with Gasteiger partial charge in [0.15, 0.2) is 0 Å².